The van der Waals surface area contributed by atoms with Crippen LogP contribution in [0, 0.1) is 0 Å². The fourth-order valence-corrected chi connectivity index (χ4v) is 3.91. The highest BCUT2D eigenvalue weighted by Gasteiger charge is 2.15. The number of carbonyl (C=O) groups is 1. The average Bonchev–Trinajstić information content (AvgIpc) is 3.29. The van der Waals surface area contributed by atoms with E-state index in [0.717, 1.165) is 5.56 Å². The summed E-state index contributed by atoms with van der Waals surface area (Å²) in [6, 6.07) is 17.7. The predicted molar refractivity (Wildman–Crippen MR) is 127 cm³/mol. The Morgan fingerprint density at radius 3 is 2.50 bits per heavy atom. The van der Waals surface area contributed by atoms with Crippen molar-refractivity contribution in [3.63, 3.8) is 0 Å². The highest BCUT2D eigenvalue weighted by molar-refractivity contribution is 7.18. The number of benzene rings is 1. The van der Waals surface area contributed by atoms with Gasteiger partial charge in [-0.1, -0.05) is 41.7 Å². The molecule has 1 atom stereocenters. The molecule has 1 aromatic carbocycles. The number of aromatic nitrogens is 4. The number of hydrogen-bond donors (Lipinski definition) is 2. The molecule has 8 nitrogen and oxygen atoms in total. The van der Waals surface area contributed by atoms with Gasteiger partial charge in [0.2, 0.25) is 5.13 Å². The Morgan fingerprint density at radius 2 is 1.81 bits per heavy atom. The summed E-state index contributed by atoms with van der Waals surface area (Å²) in [5.74, 6) is 0.428. The molecule has 1 amide bonds. The van der Waals surface area contributed by atoms with Crippen LogP contribution in [0.2, 0.25) is 0 Å². The SMILES string of the molecule is CN(C)C(CNc1ccc(C(=O)Nc2nnc(-c3ccncc3)s2)cn1)c1ccccc1. The Labute approximate surface area is 190 Å². The van der Waals surface area contributed by atoms with E-state index >= 15 is 0 Å². The van der Waals surface area contributed by atoms with Gasteiger partial charge < -0.3 is 10.2 Å². The number of anilines is 2. The number of pyridine rings is 2. The lowest BCUT2D eigenvalue weighted by molar-refractivity contribution is 0.102. The van der Waals surface area contributed by atoms with Crippen molar-refractivity contribution in [2.45, 2.75) is 6.04 Å². The topological polar surface area (TPSA) is 95.9 Å². The molecule has 0 aliphatic heterocycles. The number of amides is 1. The molecule has 0 fully saturated rings. The second-order valence-corrected chi connectivity index (χ2v) is 8.28. The maximum atomic E-state index is 12.6. The third kappa shape index (κ3) is 5.32. The van der Waals surface area contributed by atoms with E-state index in [1.807, 2.05) is 44.4 Å². The van der Waals surface area contributed by atoms with Crippen molar-refractivity contribution in [2.75, 3.05) is 31.3 Å². The van der Waals surface area contributed by atoms with Crippen LogP contribution < -0.4 is 10.6 Å². The summed E-state index contributed by atoms with van der Waals surface area (Å²) in [5.41, 5.74) is 2.58. The molecule has 0 aliphatic carbocycles. The Kier molecular flexibility index (Phi) is 6.78. The third-order valence-corrected chi connectivity index (χ3v) is 5.77. The maximum absolute atomic E-state index is 12.6. The molecule has 4 aromatic rings. The van der Waals surface area contributed by atoms with Crippen molar-refractivity contribution in [3.05, 3.63) is 84.3 Å². The molecule has 9 heteroatoms. The van der Waals surface area contributed by atoms with E-state index in [1.54, 1.807) is 30.7 Å². The van der Waals surface area contributed by atoms with E-state index in [0.29, 0.717) is 28.1 Å². The molecular formula is C23H23N7OS. The van der Waals surface area contributed by atoms with E-state index in [4.69, 9.17) is 0 Å². The van der Waals surface area contributed by atoms with Gasteiger partial charge in [0.25, 0.3) is 5.91 Å². The van der Waals surface area contributed by atoms with Crippen molar-refractivity contribution >= 4 is 28.2 Å². The number of rotatable bonds is 8. The van der Waals surface area contributed by atoms with Crippen LogP contribution in [-0.2, 0) is 0 Å². The molecule has 162 valence electrons. The lowest BCUT2D eigenvalue weighted by Crippen LogP contribution is -2.27. The first kappa shape index (κ1) is 21.5. The summed E-state index contributed by atoms with van der Waals surface area (Å²) in [4.78, 5) is 23.1. The number of carbonyl (C=O) groups excluding carboxylic acids is 1. The van der Waals surface area contributed by atoms with Crippen LogP contribution in [0.5, 0.6) is 0 Å². The Morgan fingerprint density at radius 1 is 1.03 bits per heavy atom. The lowest BCUT2D eigenvalue weighted by atomic mass is 10.1. The first-order chi connectivity index (χ1) is 15.6. The van der Waals surface area contributed by atoms with Gasteiger partial charge in [0, 0.05) is 30.7 Å². The van der Waals surface area contributed by atoms with Crippen LogP contribution in [0.1, 0.15) is 22.0 Å². The smallest absolute Gasteiger partial charge is 0.259 e. The van der Waals surface area contributed by atoms with Crippen molar-refractivity contribution in [3.8, 4) is 10.6 Å². The Hall–Kier alpha value is -3.69. The van der Waals surface area contributed by atoms with Gasteiger partial charge in [-0.15, -0.1) is 10.2 Å². The van der Waals surface area contributed by atoms with Crippen molar-refractivity contribution in [1.82, 2.24) is 25.1 Å². The molecule has 0 spiro atoms. The van der Waals surface area contributed by atoms with Crippen molar-refractivity contribution < 1.29 is 4.79 Å². The standard InChI is InChI=1S/C23H23N7OS/c1-30(2)19(16-6-4-3-5-7-16)15-26-20-9-8-18(14-25-20)21(31)27-23-29-28-22(32-23)17-10-12-24-13-11-17/h3-14,19H,15H2,1-2H3,(H,25,26)(H,27,29,31). The molecule has 4 rings (SSSR count). The van der Waals surface area contributed by atoms with Crippen LogP contribution >= 0.6 is 11.3 Å². The summed E-state index contributed by atoms with van der Waals surface area (Å²) < 4.78 is 0. The Balaban J connectivity index is 1.36. The summed E-state index contributed by atoms with van der Waals surface area (Å²) >= 11 is 1.30. The fraction of sp³-hybridized carbons (Fsp3) is 0.174. The first-order valence-corrected chi connectivity index (χ1v) is 10.9. The molecule has 0 saturated carbocycles. The van der Waals surface area contributed by atoms with E-state index in [2.05, 4.69) is 47.8 Å². The van der Waals surface area contributed by atoms with Crippen LogP contribution in [0.25, 0.3) is 10.6 Å². The zero-order chi connectivity index (χ0) is 22.3. The monoisotopic (exact) mass is 445 g/mol. The van der Waals surface area contributed by atoms with Crippen LogP contribution in [0.4, 0.5) is 10.9 Å². The summed E-state index contributed by atoms with van der Waals surface area (Å²) in [6.45, 7) is 0.693. The van der Waals surface area contributed by atoms with Crippen molar-refractivity contribution in [2.24, 2.45) is 0 Å². The van der Waals surface area contributed by atoms with Gasteiger partial charge in [0.15, 0.2) is 0 Å². The largest absolute Gasteiger partial charge is 0.368 e. The molecule has 0 aliphatic rings. The van der Waals surface area contributed by atoms with Crippen LogP contribution in [0.3, 0.4) is 0 Å². The maximum Gasteiger partial charge on any atom is 0.259 e. The second kappa shape index (κ2) is 10.1. The van der Waals surface area contributed by atoms with Crippen LogP contribution in [-0.4, -0.2) is 51.6 Å². The molecular weight excluding hydrogens is 422 g/mol. The van der Waals surface area contributed by atoms with Gasteiger partial charge in [-0.05, 0) is 43.9 Å². The second-order valence-electron chi connectivity index (χ2n) is 7.31. The van der Waals surface area contributed by atoms with Gasteiger partial charge in [-0.25, -0.2) is 4.98 Å². The number of nitrogens with one attached hydrogen (secondary N) is 2. The van der Waals surface area contributed by atoms with E-state index in [1.165, 1.54) is 16.9 Å². The molecule has 3 heterocycles. The molecule has 2 N–H and O–H groups in total. The van der Waals surface area contributed by atoms with Crippen molar-refractivity contribution in [1.29, 1.82) is 0 Å². The van der Waals surface area contributed by atoms with Gasteiger partial charge in [0.1, 0.15) is 10.8 Å². The lowest BCUT2D eigenvalue weighted by Gasteiger charge is -2.25. The molecule has 32 heavy (non-hydrogen) atoms. The average molecular weight is 446 g/mol. The van der Waals surface area contributed by atoms with E-state index < -0.39 is 0 Å². The molecule has 0 saturated heterocycles. The normalized spacial score (nSPS) is 11.8. The van der Waals surface area contributed by atoms with Gasteiger partial charge in [-0.2, -0.15) is 0 Å². The summed E-state index contributed by atoms with van der Waals surface area (Å²) in [6.07, 6.45) is 4.93. The minimum Gasteiger partial charge on any atom is -0.368 e. The highest BCUT2D eigenvalue weighted by atomic mass is 32.1. The minimum atomic E-state index is -0.281. The number of likely N-dealkylation sites (N-methyl/N-ethyl adjacent to an activating group) is 1. The van der Waals surface area contributed by atoms with Gasteiger partial charge in [0.05, 0.1) is 11.6 Å². The molecule has 3 aromatic heterocycles. The number of hydrogen-bond acceptors (Lipinski definition) is 8. The molecule has 0 radical (unpaired) electrons. The molecule has 1 unspecified atom stereocenters. The van der Waals surface area contributed by atoms with Crippen LogP contribution in [0.15, 0.2) is 73.2 Å². The fourth-order valence-electron chi connectivity index (χ4n) is 3.16. The minimum absolute atomic E-state index is 0.202. The van der Waals surface area contributed by atoms with E-state index in [9.17, 15) is 4.79 Å². The highest BCUT2D eigenvalue weighted by Crippen LogP contribution is 2.26. The van der Waals surface area contributed by atoms with Gasteiger partial charge >= 0.3 is 0 Å². The summed E-state index contributed by atoms with van der Waals surface area (Å²) in [7, 11) is 4.10. The number of nitrogens with zero attached hydrogens (tertiary/aromatic N) is 5. The predicted octanol–water partition coefficient (Wildman–Crippen LogP) is 3.96. The zero-order valence-electron chi connectivity index (χ0n) is 17.8. The zero-order valence-corrected chi connectivity index (χ0v) is 18.6. The Bertz CT molecular complexity index is 1150. The quantitative estimate of drug-likeness (QED) is 0.424. The van der Waals surface area contributed by atoms with E-state index in [-0.39, 0.29) is 11.9 Å². The first-order valence-electron chi connectivity index (χ1n) is 10.1. The van der Waals surface area contributed by atoms with Gasteiger partial charge in [-0.3, -0.25) is 15.1 Å². The molecule has 0 bridgehead atoms. The third-order valence-electron chi connectivity index (χ3n) is 4.88. The summed E-state index contributed by atoms with van der Waals surface area (Å²) in [5, 5.41) is 15.5.